The first kappa shape index (κ1) is 15.7. The maximum absolute atomic E-state index is 11.8. The van der Waals surface area contributed by atoms with E-state index in [4.69, 9.17) is 5.11 Å². The number of hydrogen-bond donors (Lipinski definition) is 3. The maximum Gasteiger partial charge on any atom is 0.308 e. The number of amides is 1. The number of phenols is 1. The van der Waals surface area contributed by atoms with E-state index in [1.807, 2.05) is 29.5 Å². The number of benzene rings is 1. The van der Waals surface area contributed by atoms with Crippen molar-refractivity contribution in [2.75, 3.05) is 6.54 Å². The molecule has 0 heterocycles. The molecule has 1 aromatic rings. The van der Waals surface area contributed by atoms with Gasteiger partial charge in [-0.05, 0) is 47.2 Å². The summed E-state index contributed by atoms with van der Waals surface area (Å²) < 4.78 is 0.656. The summed E-state index contributed by atoms with van der Waals surface area (Å²) >= 11 is 1.96. The molecule has 0 aromatic heterocycles. The van der Waals surface area contributed by atoms with Crippen molar-refractivity contribution in [3.8, 4) is 5.75 Å². The van der Waals surface area contributed by atoms with Crippen LogP contribution in [-0.2, 0) is 4.79 Å². The second kappa shape index (κ2) is 7.32. The number of rotatable bonds is 6. The van der Waals surface area contributed by atoms with E-state index in [0.29, 0.717) is 15.6 Å². The van der Waals surface area contributed by atoms with Gasteiger partial charge >= 0.3 is 5.97 Å². The van der Waals surface area contributed by atoms with Crippen molar-refractivity contribution in [3.63, 3.8) is 0 Å². The summed E-state index contributed by atoms with van der Waals surface area (Å²) in [4.78, 5) is 22.8. The molecule has 0 aliphatic heterocycles. The highest BCUT2D eigenvalue weighted by molar-refractivity contribution is 14.1. The lowest BCUT2D eigenvalue weighted by Crippen LogP contribution is -2.32. The van der Waals surface area contributed by atoms with Gasteiger partial charge in [-0.25, -0.2) is 0 Å². The van der Waals surface area contributed by atoms with Gasteiger partial charge in [0, 0.05) is 12.1 Å². The third kappa shape index (κ3) is 4.70. The normalized spacial score (nSPS) is 11.9. The van der Waals surface area contributed by atoms with Crippen molar-refractivity contribution in [2.24, 2.45) is 5.92 Å². The Labute approximate surface area is 125 Å². The van der Waals surface area contributed by atoms with E-state index in [-0.39, 0.29) is 18.2 Å². The van der Waals surface area contributed by atoms with Crippen LogP contribution >= 0.6 is 22.6 Å². The van der Waals surface area contributed by atoms with Crippen LogP contribution in [0.1, 0.15) is 30.1 Å². The molecule has 0 radical (unpaired) electrons. The lowest BCUT2D eigenvalue weighted by atomic mass is 10.0. The molecule has 19 heavy (non-hydrogen) atoms. The van der Waals surface area contributed by atoms with Crippen molar-refractivity contribution < 1.29 is 19.8 Å². The third-order valence-electron chi connectivity index (χ3n) is 2.70. The zero-order valence-electron chi connectivity index (χ0n) is 10.5. The fourth-order valence-electron chi connectivity index (χ4n) is 1.63. The molecule has 0 saturated heterocycles. The van der Waals surface area contributed by atoms with Gasteiger partial charge in [0.15, 0.2) is 0 Å². The van der Waals surface area contributed by atoms with E-state index in [1.165, 1.54) is 6.07 Å². The van der Waals surface area contributed by atoms with E-state index in [1.54, 1.807) is 12.1 Å². The van der Waals surface area contributed by atoms with Crippen molar-refractivity contribution in [2.45, 2.75) is 19.8 Å². The van der Waals surface area contributed by atoms with Crippen molar-refractivity contribution in [3.05, 3.63) is 27.3 Å². The molecule has 3 N–H and O–H groups in total. The minimum Gasteiger partial charge on any atom is -0.507 e. The molecule has 0 bridgehead atoms. The minimum atomic E-state index is -0.910. The zero-order chi connectivity index (χ0) is 14.4. The van der Waals surface area contributed by atoms with Crippen LogP contribution in [0.5, 0.6) is 5.75 Å². The first-order valence-corrected chi connectivity index (χ1v) is 7.03. The van der Waals surface area contributed by atoms with Gasteiger partial charge in [0.1, 0.15) is 5.75 Å². The summed E-state index contributed by atoms with van der Waals surface area (Å²) in [6.45, 7) is 1.99. The molecular weight excluding hydrogens is 361 g/mol. The van der Waals surface area contributed by atoms with Crippen LogP contribution < -0.4 is 5.32 Å². The van der Waals surface area contributed by atoms with Crippen LogP contribution in [0.3, 0.4) is 0 Å². The van der Waals surface area contributed by atoms with Gasteiger partial charge < -0.3 is 15.5 Å². The summed E-state index contributed by atoms with van der Waals surface area (Å²) in [7, 11) is 0. The molecule has 5 nitrogen and oxygen atoms in total. The number of phenolic OH excluding ortho intramolecular Hbond substituents is 1. The maximum atomic E-state index is 11.8. The number of aromatic hydroxyl groups is 1. The standard InChI is InChI=1S/C13H16INO4/c1-2-3-9(13(18)19)7-15-12(17)8-4-5-10(14)11(16)6-8/h4-6,9,16H,2-3,7H2,1H3,(H,15,17)(H,18,19). The van der Waals surface area contributed by atoms with Gasteiger partial charge in [-0.15, -0.1) is 0 Å². The summed E-state index contributed by atoms with van der Waals surface area (Å²) in [6, 6.07) is 4.59. The second-order valence-electron chi connectivity index (χ2n) is 4.20. The molecular formula is C13H16INO4. The molecule has 1 amide bonds. The number of carbonyl (C=O) groups excluding carboxylic acids is 1. The highest BCUT2D eigenvalue weighted by Crippen LogP contribution is 2.20. The topological polar surface area (TPSA) is 86.6 Å². The second-order valence-corrected chi connectivity index (χ2v) is 5.36. The molecule has 0 saturated carbocycles. The average Bonchev–Trinajstić information content (AvgIpc) is 2.37. The Kier molecular flexibility index (Phi) is 6.07. The predicted molar refractivity (Wildman–Crippen MR) is 79.2 cm³/mol. The summed E-state index contributed by atoms with van der Waals surface area (Å²) in [6.07, 6.45) is 1.27. The van der Waals surface area contributed by atoms with Crippen LogP contribution in [0, 0.1) is 9.49 Å². The number of aliphatic carboxylic acids is 1. The number of halogens is 1. The van der Waals surface area contributed by atoms with E-state index in [2.05, 4.69) is 5.32 Å². The summed E-state index contributed by atoms with van der Waals surface area (Å²) in [5.41, 5.74) is 0.318. The van der Waals surface area contributed by atoms with Crippen molar-refractivity contribution >= 4 is 34.5 Å². The number of carboxylic acids is 1. The number of hydrogen-bond acceptors (Lipinski definition) is 3. The van der Waals surface area contributed by atoms with E-state index >= 15 is 0 Å². The molecule has 1 aromatic carbocycles. The Balaban J connectivity index is 2.63. The molecule has 0 aliphatic rings. The number of carbonyl (C=O) groups is 2. The van der Waals surface area contributed by atoms with E-state index < -0.39 is 11.9 Å². The molecule has 0 aliphatic carbocycles. The van der Waals surface area contributed by atoms with Crippen LogP contribution in [0.2, 0.25) is 0 Å². The van der Waals surface area contributed by atoms with Crippen LogP contribution in [0.25, 0.3) is 0 Å². The van der Waals surface area contributed by atoms with Crippen LogP contribution in [0.4, 0.5) is 0 Å². The minimum absolute atomic E-state index is 0.0385. The molecule has 1 unspecified atom stereocenters. The summed E-state index contributed by atoms with van der Waals surface area (Å²) in [5, 5.41) is 21.1. The SMILES string of the molecule is CCCC(CNC(=O)c1ccc(I)c(O)c1)C(=O)O. The largest absolute Gasteiger partial charge is 0.507 e. The molecule has 104 valence electrons. The Morgan fingerprint density at radius 3 is 2.63 bits per heavy atom. The van der Waals surface area contributed by atoms with E-state index in [0.717, 1.165) is 6.42 Å². The Morgan fingerprint density at radius 1 is 1.42 bits per heavy atom. The fraction of sp³-hybridized carbons (Fsp3) is 0.385. The molecule has 1 atom stereocenters. The zero-order valence-corrected chi connectivity index (χ0v) is 12.7. The monoisotopic (exact) mass is 377 g/mol. The lowest BCUT2D eigenvalue weighted by molar-refractivity contribution is -0.141. The third-order valence-corrected chi connectivity index (χ3v) is 3.62. The van der Waals surface area contributed by atoms with E-state index in [9.17, 15) is 14.7 Å². The van der Waals surface area contributed by atoms with Crippen molar-refractivity contribution in [1.82, 2.24) is 5.32 Å². The number of carboxylic acid groups (broad SMARTS) is 1. The smallest absolute Gasteiger partial charge is 0.308 e. The van der Waals surface area contributed by atoms with Crippen molar-refractivity contribution in [1.29, 1.82) is 0 Å². The predicted octanol–water partition coefficient (Wildman–Crippen LogP) is 2.23. The van der Waals surface area contributed by atoms with Crippen LogP contribution in [-0.4, -0.2) is 28.6 Å². The van der Waals surface area contributed by atoms with Gasteiger partial charge in [0.05, 0.1) is 9.49 Å². The number of nitrogens with one attached hydrogen (secondary N) is 1. The molecule has 0 fully saturated rings. The first-order chi connectivity index (χ1) is 8.95. The van der Waals surface area contributed by atoms with Gasteiger partial charge in [-0.2, -0.15) is 0 Å². The molecule has 6 heteroatoms. The van der Waals surface area contributed by atoms with Gasteiger partial charge in [-0.1, -0.05) is 13.3 Å². The highest BCUT2D eigenvalue weighted by Gasteiger charge is 2.17. The summed E-state index contributed by atoms with van der Waals surface area (Å²) in [5.74, 6) is -1.83. The Morgan fingerprint density at radius 2 is 2.11 bits per heavy atom. The van der Waals surface area contributed by atoms with Gasteiger partial charge in [0.2, 0.25) is 0 Å². The van der Waals surface area contributed by atoms with Crippen LogP contribution in [0.15, 0.2) is 18.2 Å². The van der Waals surface area contributed by atoms with Gasteiger partial charge in [0.25, 0.3) is 5.91 Å². The Hall–Kier alpha value is -1.31. The molecule has 0 spiro atoms. The average molecular weight is 377 g/mol. The van der Waals surface area contributed by atoms with Gasteiger partial charge in [-0.3, -0.25) is 9.59 Å². The molecule has 1 rings (SSSR count). The first-order valence-electron chi connectivity index (χ1n) is 5.95. The highest BCUT2D eigenvalue weighted by atomic mass is 127. The fourth-order valence-corrected chi connectivity index (χ4v) is 1.97. The quantitative estimate of drug-likeness (QED) is 0.664. The lowest BCUT2D eigenvalue weighted by Gasteiger charge is -2.12. The Bertz CT molecular complexity index is 476.